The molecule has 1 heterocycles. The van der Waals surface area contributed by atoms with Crippen molar-refractivity contribution < 1.29 is 0 Å². The van der Waals surface area contributed by atoms with Gasteiger partial charge in [0.05, 0.1) is 6.54 Å². The number of aromatic nitrogens is 3. The number of nitrogens with one attached hydrogen (secondary N) is 1. The first-order valence-electron chi connectivity index (χ1n) is 4.57. The van der Waals surface area contributed by atoms with Crippen LogP contribution in [0.3, 0.4) is 0 Å². The topological polar surface area (TPSA) is 42.7 Å². The zero-order valence-corrected chi connectivity index (χ0v) is 9.26. The lowest BCUT2D eigenvalue weighted by Gasteiger charge is -2.02. The average Bonchev–Trinajstić information content (AvgIpc) is 2.58. The molecule has 1 rings (SSSR count). The zero-order valence-electron chi connectivity index (χ0n) is 8.44. The molecular formula is C9H16N4S. The summed E-state index contributed by atoms with van der Waals surface area (Å²) in [7, 11) is 1.95. The summed E-state index contributed by atoms with van der Waals surface area (Å²) >= 11 is 1.87. The van der Waals surface area contributed by atoms with E-state index < -0.39 is 0 Å². The highest BCUT2D eigenvalue weighted by atomic mass is 32.2. The predicted molar refractivity (Wildman–Crippen MR) is 60.2 cm³/mol. The van der Waals surface area contributed by atoms with Gasteiger partial charge in [-0.3, -0.25) is 0 Å². The van der Waals surface area contributed by atoms with Crippen LogP contribution in [0.5, 0.6) is 0 Å². The van der Waals surface area contributed by atoms with Crippen molar-refractivity contribution >= 4 is 11.8 Å². The highest BCUT2D eigenvalue weighted by Gasteiger charge is 1.98. The van der Waals surface area contributed by atoms with Crippen molar-refractivity contribution in [2.45, 2.75) is 6.54 Å². The smallest absolute Gasteiger partial charge is 0.146 e. The lowest BCUT2D eigenvalue weighted by molar-refractivity contribution is 0.663. The van der Waals surface area contributed by atoms with Crippen LogP contribution in [-0.4, -0.2) is 32.8 Å². The minimum atomic E-state index is 0.783. The first-order chi connectivity index (χ1) is 6.84. The molecule has 1 aromatic heterocycles. The van der Waals surface area contributed by atoms with Gasteiger partial charge in [-0.25, -0.2) is 0 Å². The van der Waals surface area contributed by atoms with Crippen LogP contribution in [-0.2, 0) is 13.6 Å². The molecular weight excluding hydrogens is 196 g/mol. The molecule has 0 aliphatic heterocycles. The molecule has 4 nitrogen and oxygen atoms in total. The largest absolute Gasteiger partial charge is 0.320 e. The molecule has 0 saturated carbocycles. The predicted octanol–water partition coefficient (Wildman–Crippen LogP) is 0.824. The molecule has 5 heteroatoms. The Kier molecular flexibility index (Phi) is 5.32. The van der Waals surface area contributed by atoms with Gasteiger partial charge in [0.2, 0.25) is 0 Å². The van der Waals surface area contributed by atoms with Crippen molar-refractivity contribution in [3.63, 3.8) is 0 Å². The van der Waals surface area contributed by atoms with Gasteiger partial charge in [0.1, 0.15) is 12.2 Å². The molecule has 1 aromatic rings. The third-order valence-corrected chi connectivity index (χ3v) is 2.71. The maximum absolute atomic E-state index is 3.98. The Balaban J connectivity index is 2.04. The van der Waals surface area contributed by atoms with Gasteiger partial charge in [0.25, 0.3) is 0 Å². The summed E-state index contributed by atoms with van der Waals surface area (Å²) in [5.41, 5.74) is 0. The van der Waals surface area contributed by atoms with Crippen LogP contribution in [0.1, 0.15) is 5.82 Å². The van der Waals surface area contributed by atoms with Crippen molar-refractivity contribution in [1.82, 2.24) is 20.1 Å². The Morgan fingerprint density at radius 3 is 3.21 bits per heavy atom. The minimum absolute atomic E-state index is 0.783. The third kappa shape index (κ3) is 3.93. The number of hydrogen-bond acceptors (Lipinski definition) is 4. The quantitative estimate of drug-likeness (QED) is 0.537. The zero-order chi connectivity index (χ0) is 10.2. The molecule has 0 atom stereocenters. The monoisotopic (exact) mass is 212 g/mol. The third-order valence-electron chi connectivity index (χ3n) is 1.75. The molecule has 0 aliphatic carbocycles. The standard InChI is InChI=1S/C9H16N4S/c1-3-5-14-6-4-10-7-9-12-11-8-13(9)2/h3,8,10H,1,4-7H2,2H3. The second-order valence-corrected chi connectivity index (χ2v) is 4.05. The fourth-order valence-electron chi connectivity index (χ4n) is 0.978. The van der Waals surface area contributed by atoms with Crippen molar-refractivity contribution in [3.8, 4) is 0 Å². The number of thioether (sulfide) groups is 1. The summed E-state index contributed by atoms with van der Waals surface area (Å²) in [6, 6.07) is 0. The van der Waals surface area contributed by atoms with Crippen molar-refractivity contribution in [3.05, 3.63) is 24.8 Å². The lowest BCUT2D eigenvalue weighted by Crippen LogP contribution is -2.19. The van der Waals surface area contributed by atoms with E-state index in [9.17, 15) is 0 Å². The second-order valence-electron chi connectivity index (χ2n) is 2.90. The lowest BCUT2D eigenvalue weighted by atomic mass is 10.5. The first-order valence-corrected chi connectivity index (χ1v) is 5.72. The molecule has 1 N–H and O–H groups in total. The molecule has 0 spiro atoms. The molecule has 0 fully saturated rings. The van der Waals surface area contributed by atoms with E-state index in [1.165, 1.54) is 0 Å². The van der Waals surface area contributed by atoms with Gasteiger partial charge in [-0.2, -0.15) is 11.8 Å². The maximum atomic E-state index is 3.98. The average molecular weight is 212 g/mol. The Morgan fingerprint density at radius 2 is 2.57 bits per heavy atom. The minimum Gasteiger partial charge on any atom is -0.320 e. The Bertz CT molecular complexity index is 272. The molecule has 0 unspecified atom stereocenters. The van der Waals surface area contributed by atoms with Gasteiger partial charge in [0, 0.05) is 25.1 Å². The van der Waals surface area contributed by atoms with Crippen LogP contribution >= 0.6 is 11.8 Å². The molecule has 0 bridgehead atoms. The van der Waals surface area contributed by atoms with Gasteiger partial charge in [-0.05, 0) is 0 Å². The van der Waals surface area contributed by atoms with Gasteiger partial charge in [-0.15, -0.1) is 16.8 Å². The number of nitrogens with zero attached hydrogens (tertiary/aromatic N) is 3. The van der Waals surface area contributed by atoms with E-state index in [4.69, 9.17) is 0 Å². The van der Waals surface area contributed by atoms with E-state index in [1.54, 1.807) is 6.33 Å². The van der Waals surface area contributed by atoms with E-state index in [1.807, 2.05) is 29.5 Å². The first kappa shape index (κ1) is 11.3. The molecule has 0 aromatic carbocycles. The second kappa shape index (κ2) is 6.62. The number of aryl methyl sites for hydroxylation is 1. The Morgan fingerprint density at radius 1 is 1.71 bits per heavy atom. The van der Waals surface area contributed by atoms with Crippen LogP contribution in [0.4, 0.5) is 0 Å². The summed E-state index contributed by atoms with van der Waals surface area (Å²) in [4.78, 5) is 0. The molecule has 0 radical (unpaired) electrons. The normalized spacial score (nSPS) is 10.4. The van der Waals surface area contributed by atoms with Crippen molar-refractivity contribution in [2.75, 3.05) is 18.1 Å². The Hall–Kier alpha value is -0.810. The highest BCUT2D eigenvalue weighted by Crippen LogP contribution is 1.97. The summed E-state index contributed by atoms with van der Waals surface area (Å²) in [6.45, 7) is 5.44. The van der Waals surface area contributed by atoms with Gasteiger partial charge < -0.3 is 9.88 Å². The van der Waals surface area contributed by atoms with Crippen LogP contribution in [0.15, 0.2) is 19.0 Å². The summed E-state index contributed by atoms with van der Waals surface area (Å²) in [6.07, 6.45) is 3.64. The van der Waals surface area contributed by atoms with E-state index in [0.717, 1.165) is 30.4 Å². The summed E-state index contributed by atoms with van der Waals surface area (Å²) in [5, 5.41) is 11.1. The Labute approximate surface area is 88.8 Å². The molecule has 14 heavy (non-hydrogen) atoms. The number of hydrogen-bond donors (Lipinski definition) is 1. The molecule has 78 valence electrons. The van der Waals surface area contributed by atoms with Crippen molar-refractivity contribution in [1.29, 1.82) is 0 Å². The SMILES string of the molecule is C=CCSCCNCc1nncn1C. The van der Waals surface area contributed by atoms with Gasteiger partial charge >= 0.3 is 0 Å². The van der Waals surface area contributed by atoms with E-state index in [0.29, 0.717) is 0 Å². The molecule has 0 aliphatic rings. The van der Waals surface area contributed by atoms with Crippen molar-refractivity contribution in [2.24, 2.45) is 7.05 Å². The van der Waals surface area contributed by atoms with Crippen LogP contribution < -0.4 is 5.32 Å². The number of rotatable bonds is 7. The van der Waals surface area contributed by atoms with Crippen LogP contribution in [0, 0.1) is 0 Å². The van der Waals surface area contributed by atoms with E-state index in [2.05, 4.69) is 22.1 Å². The van der Waals surface area contributed by atoms with Crippen LogP contribution in [0.2, 0.25) is 0 Å². The van der Waals surface area contributed by atoms with Crippen LogP contribution in [0.25, 0.3) is 0 Å². The fourth-order valence-corrected chi connectivity index (χ4v) is 1.60. The maximum Gasteiger partial charge on any atom is 0.146 e. The summed E-state index contributed by atoms with van der Waals surface area (Å²) < 4.78 is 1.92. The van der Waals surface area contributed by atoms with Gasteiger partial charge in [0.15, 0.2) is 0 Å². The summed E-state index contributed by atoms with van der Waals surface area (Å²) in [5.74, 6) is 3.09. The fraction of sp³-hybridized carbons (Fsp3) is 0.556. The highest BCUT2D eigenvalue weighted by molar-refractivity contribution is 7.99. The molecule has 0 saturated heterocycles. The van der Waals surface area contributed by atoms with E-state index >= 15 is 0 Å². The van der Waals surface area contributed by atoms with E-state index in [-0.39, 0.29) is 0 Å². The molecule has 0 amide bonds. The van der Waals surface area contributed by atoms with Gasteiger partial charge in [-0.1, -0.05) is 6.08 Å².